The van der Waals surface area contributed by atoms with Crippen LogP contribution >= 0.6 is 15.9 Å². The van der Waals surface area contributed by atoms with Crippen LogP contribution in [0.3, 0.4) is 0 Å². The van der Waals surface area contributed by atoms with Crippen LogP contribution in [0.15, 0.2) is 53.0 Å². The van der Waals surface area contributed by atoms with Crippen molar-refractivity contribution in [2.45, 2.75) is 12.8 Å². The first-order chi connectivity index (χ1) is 11.6. The maximum Gasteiger partial charge on any atom is 0.341 e. The molecule has 0 aliphatic heterocycles. The topological polar surface area (TPSA) is 55.4 Å². The third kappa shape index (κ3) is 5.77. The van der Waals surface area contributed by atoms with Crippen molar-refractivity contribution in [2.75, 3.05) is 13.2 Å². The second-order valence-corrected chi connectivity index (χ2v) is 6.06. The van der Waals surface area contributed by atoms with E-state index in [2.05, 4.69) is 21.2 Å². The Hall–Kier alpha value is -2.21. The summed E-state index contributed by atoms with van der Waals surface area (Å²) in [7, 11) is 0. The normalized spacial score (nSPS) is 10.2. The number of hydrogen-bond acceptors (Lipinski definition) is 3. The Kier molecular flexibility index (Phi) is 6.93. The number of carbonyl (C=O) groups is 2. The van der Waals surface area contributed by atoms with Gasteiger partial charge in [0.1, 0.15) is 5.82 Å². The van der Waals surface area contributed by atoms with E-state index in [4.69, 9.17) is 4.74 Å². The Morgan fingerprint density at radius 1 is 1.12 bits per heavy atom. The minimum atomic E-state index is -0.862. The molecule has 0 saturated heterocycles. The molecule has 126 valence electrons. The van der Waals surface area contributed by atoms with Crippen LogP contribution in [0.4, 0.5) is 4.39 Å². The van der Waals surface area contributed by atoms with Gasteiger partial charge in [0.05, 0.1) is 5.56 Å². The minimum absolute atomic E-state index is 0.199. The van der Waals surface area contributed by atoms with Crippen molar-refractivity contribution >= 4 is 27.8 Å². The number of aryl methyl sites for hydroxylation is 1. The summed E-state index contributed by atoms with van der Waals surface area (Å²) in [6.45, 7) is 0.0532. The highest BCUT2D eigenvalue weighted by Gasteiger charge is 2.14. The van der Waals surface area contributed by atoms with Gasteiger partial charge < -0.3 is 10.1 Å². The highest BCUT2D eigenvalue weighted by molar-refractivity contribution is 9.10. The summed E-state index contributed by atoms with van der Waals surface area (Å²) in [5.74, 6) is -1.97. The van der Waals surface area contributed by atoms with Gasteiger partial charge >= 0.3 is 5.97 Å². The average molecular weight is 394 g/mol. The molecule has 0 aliphatic carbocycles. The Morgan fingerprint density at radius 2 is 1.88 bits per heavy atom. The molecule has 1 amide bonds. The number of hydrogen-bond donors (Lipinski definition) is 1. The molecule has 2 rings (SSSR count). The summed E-state index contributed by atoms with van der Waals surface area (Å²) in [5, 5.41) is 2.67. The van der Waals surface area contributed by atoms with E-state index in [1.807, 2.05) is 30.3 Å². The monoisotopic (exact) mass is 393 g/mol. The zero-order valence-electron chi connectivity index (χ0n) is 12.9. The van der Waals surface area contributed by atoms with Crippen LogP contribution < -0.4 is 5.32 Å². The largest absolute Gasteiger partial charge is 0.452 e. The predicted octanol–water partition coefficient (Wildman–Crippen LogP) is 3.49. The fourth-order valence-electron chi connectivity index (χ4n) is 2.08. The molecule has 1 N–H and O–H groups in total. The number of benzene rings is 2. The number of ether oxygens (including phenoxy) is 1. The molecule has 4 nitrogen and oxygen atoms in total. The van der Waals surface area contributed by atoms with Gasteiger partial charge in [-0.1, -0.05) is 46.3 Å². The second-order valence-electron chi connectivity index (χ2n) is 5.14. The average Bonchev–Trinajstić information content (AvgIpc) is 2.57. The van der Waals surface area contributed by atoms with Gasteiger partial charge in [0.25, 0.3) is 5.91 Å². The van der Waals surface area contributed by atoms with Gasteiger partial charge in [-0.2, -0.15) is 0 Å². The van der Waals surface area contributed by atoms with Crippen molar-refractivity contribution in [1.29, 1.82) is 0 Å². The van der Waals surface area contributed by atoms with E-state index in [1.54, 1.807) is 0 Å². The molecule has 24 heavy (non-hydrogen) atoms. The van der Waals surface area contributed by atoms with Gasteiger partial charge in [0, 0.05) is 11.0 Å². The molecular weight excluding hydrogens is 377 g/mol. The van der Waals surface area contributed by atoms with Gasteiger partial charge in [-0.25, -0.2) is 9.18 Å². The van der Waals surface area contributed by atoms with Gasteiger partial charge in [-0.15, -0.1) is 0 Å². The molecular formula is C18H17BrFNO3. The molecule has 0 radical (unpaired) electrons. The molecule has 0 fully saturated rings. The Bertz CT molecular complexity index is 707. The molecule has 0 atom stereocenters. The van der Waals surface area contributed by atoms with Crippen molar-refractivity contribution in [2.24, 2.45) is 0 Å². The zero-order chi connectivity index (χ0) is 17.4. The number of nitrogens with one attached hydrogen (secondary N) is 1. The van der Waals surface area contributed by atoms with Gasteiger partial charge in [0.15, 0.2) is 6.61 Å². The fourth-order valence-corrected chi connectivity index (χ4v) is 2.41. The molecule has 0 unspecified atom stereocenters. The van der Waals surface area contributed by atoms with Crippen molar-refractivity contribution in [3.05, 3.63) is 69.9 Å². The summed E-state index contributed by atoms with van der Waals surface area (Å²) in [4.78, 5) is 23.4. The minimum Gasteiger partial charge on any atom is -0.452 e. The quantitative estimate of drug-likeness (QED) is 0.578. The van der Waals surface area contributed by atoms with E-state index in [0.29, 0.717) is 11.0 Å². The summed E-state index contributed by atoms with van der Waals surface area (Å²) in [5.41, 5.74) is 0.999. The molecule has 2 aromatic carbocycles. The lowest BCUT2D eigenvalue weighted by Crippen LogP contribution is -2.30. The maximum absolute atomic E-state index is 13.6. The van der Waals surface area contributed by atoms with E-state index in [1.165, 1.54) is 23.8 Å². The first-order valence-electron chi connectivity index (χ1n) is 7.49. The van der Waals surface area contributed by atoms with Crippen molar-refractivity contribution in [1.82, 2.24) is 5.32 Å². The van der Waals surface area contributed by atoms with Crippen LogP contribution in [0.2, 0.25) is 0 Å². The van der Waals surface area contributed by atoms with Crippen molar-refractivity contribution < 1.29 is 18.7 Å². The van der Waals surface area contributed by atoms with Crippen LogP contribution in [-0.2, 0) is 16.0 Å². The van der Waals surface area contributed by atoms with Gasteiger partial charge in [-0.3, -0.25) is 4.79 Å². The predicted molar refractivity (Wildman–Crippen MR) is 92.2 cm³/mol. The van der Waals surface area contributed by atoms with E-state index >= 15 is 0 Å². The van der Waals surface area contributed by atoms with Gasteiger partial charge in [-0.05, 0) is 36.6 Å². The van der Waals surface area contributed by atoms with E-state index in [9.17, 15) is 14.0 Å². The number of halogens is 2. The third-order valence-electron chi connectivity index (χ3n) is 3.29. The van der Waals surface area contributed by atoms with Gasteiger partial charge in [0.2, 0.25) is 0 Å². The highest BCUT2D eigenvalue weighted by atomic mass is 79.9. The van der Waals surface area contributed by atoms with Crippen LogP contribution in [0.5, 0.6) is 0 Å². The number of rotatable bonds is 7. The number of carbonyl (C=O) groups excluding carboxylic acids is 2. The summed E-state index contributed by atoms with van der Waals surface area (Å²) < 4.78 is 18.9. The zero-order valence-corrected chi connectivity index (χ0v) is 14.5. The molecule has 0 heterocycles. The molecule has 0 bridgehead atoms. The standard InChI is InChI=1S/C18H17BrFNO3/c19-14-8-9-15(16(20)11-14)18(23)24-12-17(22)21-10-4-7-13-5-2-1-3-6-13/h1-3,5-6,8-9,11H,4,7,10,12H2,(H,21,22). The van der Waals surface area contributed by atoms with E-state index in [-0.39, 0.29) is 5.56 Å². The van der Waals surface area contributed by atoms with Crippen molar-refractivity contribution in [3.8, 4) is 0 Å². The molecule has 6 heteroatoms. The molecule has 0 saturated carbocycles. The second kappa shape index (κ2) is 9.17. The summed E-state index contributed by atoms with van der Waals surface area (Å²) in [6, 6.07) is 13.9. The van der Waals surface area contributed by atoms with Crippen LogP contribution in [0.25, 0.3) is 0 Å². The number of amides is 1. The lowest BCUT2D eigenvalue weighted by atomic mass is 10.1. The SMILES string of the molecule is O=C(COC(=O)c1ccc(Br)cc1F)NCCCc1ccccc1. The highest BCUT2D eigenvalue weighted by Crippen LogP contribution is 2.16. The third-order valence-corrected chi connectivity index (χ3v) is 3.79. The Balaban J connectivity index is 1.68. The fraction of sp³-hybridized carbons (Fsp3) is 0.222. The van der Waals surface area contributed by atoms with E-state index in [0.717, 1.165) is 12.8 Å². The Morgan fingerprint density at radius 3 is 2.58 bits per heavy atom. The molecule has 0 aliphatic rings. The number of esters is 1. The molecule has 0 spiro atoms. The smallest absolute Gasteiger partial charge is 0.341 e. The van der Waals surface area contributed by atoms with Crippen LogP contribution in [-0.4, -0.2) is 25.0 Å². The van der Waals surface area contributed by atoms with Crippen LogP contribution in [0, 0.1) is 5.82 Å². The molecule has 2 aromatic rings. The van der Waals surface area contributed by atoms with E-state index < -0.39 is 24.3 Å². The van der Waals surface area contributed by atoms with Crippen molar-refractivity contribution in [3.63, 3.8) is 0 Å². The summed E-state index contributed by atoms with van der Waals surface area (Å²) in [6.07, 6.45) is 1.63. The lowest BCUT2D eigenvalue weighted by Gasteiger charge is -2.07. The molecule has 0 aromatic heterocycles. The van der Waals surface area contributed by atoms with Crippen LogP contribution in [0.1, 0.15) is 22.3 Å². The lowest BCUT2D eigenvalue weighted by molar-refractivity contribution is -0.124. The maximum atomic E-state index is 13.6. The Labute approximate surface area is 148 Å². The first-order valence-corrected chi connectivity index (χ1v) is 8.28. The first kappa shape index (κ1) is 18.1. The summed E-state index contributed by atoms with van der Waals surface area (Å²) >= 11 is 3.10.